The number of ether oxygens (including phenoxy) is 2. The Kier molecular flexibility index (Phi) is 9.42. The molecule has 0 radical (unpaired) electrons. The van der Waals surface area contributed by atoms with Gasteiger partial charge in [-0.3, -0.25) is 4.79 Å². The van der Waals surface area contributed by atoms with E-state index in [-0.39, 0.29) is 30.5 Å². The topological polar surface area (TPSA) is 84.8 Å². The van der Waals surface area contributed by atoms with Crippen molar-refractivity contribution in [3.63, 3.8) is 0 Å². The number of benzene rings is 2. The molecule has 2 amide bonds. The number of amides is 2. The van der Waals surface area contributed by atoms with Crippen LogP contribution in [0.4, 0.5) is 4.79 Å². The van der Waals surface area contributed by atoms with Crippen LogP contribution in [0.2, 0.25) is 0 Å². The van der Waals surface area contributed by atoms with E-state index in [0.717, 1.165) is 36.0 Å². The first-order valence-corrected chi connectivity index (χ1v) is 13.4. The Bertz CT molecular complexity index is 1220. The molecule has 4 rings (SSSR count). The van der Waals surface area contributed by atoms with Crippen molar-refractivity contribution in [1.29, 1.82) is 0 Å². The van der Waals surface area contributed by atoms with Gasteiger partial charge in [-0.1, -0.05) is 36.4 Å². The molecular weight excluding hydrogens is 480 g/mol. The van der Waals surface area contributed by atoms with Crippen LogP contribution >= 0.6 is 0 Å². The average molecular weight is 521 g/mol. The van der Waals surface area contributed by atoms with E-state index in [0.29, 0.717) is 25.3 Å². The van der Waals surface area contributed by atoms with Crippen molar-refractivity contribution in [1.82, 2.24) is 20.1 Å². The van der Waals surface area contributed by atoms with Gasteiger partial charge in [-0.15, -0.1) is 0 Å². The zero-order valence-corrected chi connectivity index (χ0v) is 22.9. The number of nitrogens with one attached hydrogen (secondary N) is 2. The van der Waals surface area contributed by atoms with Crippen LogP contribution in [0.15, 0.2) is 54.7 Å². The minimum atomic E-state index is -0.440. The van der Waals surface area contributed by atoms with Crippen molar-refractivity contribution < 1.29 is 19.1 Å². The van der Waals surface area contributed by atoms with E-state index in [1.165, 1.54) is 5.56 Å². The smallest absolute Gasteiger partial charge is 0.407 e. The normalized spacial score (nSPS) is 17.2. The highest BCUT2D eigenvalue weighted by atomic mass is 16.5. The van der Waals surface area contributed by atoms with Crippen molar-refractivity contribution in [2.24, 2.45) is 5.92 Å². The Morgan fingerprint density at radius 1 is 1.16 bits per heavy atom. The molecule has 2 heterocycles. The SMILES string of the molecule is COCCCn1cc(C)c2ccc(C(=O)N(C[C@H]3CNC[C@H]3NC(=O)OCc3ccccc3)C(C)C)cc21. The number of carbonyl (C=O) groups excluding carboxylic acids is 2. The number of aryl methyl sites for hydroxylation is 2. The first-order valence-electron chi connectivity index (χ1n) is 13.4. The molecule has 1 aliphatic heterocycles. The molecule has 1 fully saturated rings. The molecular formula is C30H40N4O4. The molecule has 0 unspecified atom stereocenters. The lowest BCUT2D eigenvalue weighted by molar-refractivity contribution is 0.0667. The molecule has 0 saturated carbocycles. The van der Waals surface area contributed by atoms with Gasteiger partial charge in [0.15, 0.2) is 0 Å². The van der Waals surface area contributed by atoms with Crippen LogP contribution in [-0.2, 0) is 22.6 Å². The van der Waals surface area contributed by atoms with Crippen LogP contribution in [0.5, 0.6) is 0 Å². The number of methoxy groups -OCH3 is 1. The Morgan fingerprint density at radius 2 is 1.95 bits per heavy atom. The van der Waals surface area contributed by atoms with Crippen LogP contribution in [0, 0.1) is 12.8 Å². The molecule has 38 heavy (non-hydrogen) atoms. The molecule has 0 aliphatic carbocycles. The summed E-state index contributed by atoms with van der Waals surface area (Å²) in [5.74, 6) is 0.0796. The van der Waals surface area contributed by atoms with E-state index in [9.17, 15) is 9.59 Å². The number of hydrogen-bond donors (Lipinski definition) is 2. The molecule has 204 valence electrons. The van der Waals surface area contributed by atoms with E-state index >= 15 is 0 Å². The Labute approximate surface area is 225 Å². The quantitative estimate of drug-likeness (QED) is 0.367. The molecule has 1 aromatic heterocycles. The van der Waals surface area contributed by atoms with Gasteiger partial charge >= 0.3 is 6.09 Å². The standard InChI is InChI=1S/C30H40N4O4/c1-21(2)34(19-25-16-31-17-27(25)32-30(36)38-20-23-9-6-5-7-10-23)29(35)24-11-12-26-22(3)18-33(28(26)15-24)13-8-14-37-4/h5-7,9-12,15,18,21,25,27,31H,8,13-14,16-17,19-20H2,1-4H3,(H,32,36)/t25-,27-/m1/s1. The van der Waals surface area contributed by atoms with Crippen LogP contribution in [-0.4, -0.2) is 66.9 Å². The number of aromatic nitrogens is 1. The highest BCUT2D eigenvalue weighted by Gasteiger charge is 2.33. The minimum Gasteiger partial charge on any atom is -0.445 e. The fourth-order valence-electron chi connectivity index (χ4n) is 5.13. The second-order valence-corrected chi connectivity index (χ2v) is 10.4. The molecule has 8 nitrogen and oxygen atoms in total. The number of fused-ring (bicyclic) bond motifs is 1. The summed E-state index contributed by atoms with van der Waals surface area (Å²) >= 11 is 0. The summed E-state index contributed by atoms with van der Waals surface area (Å²) in [6.45, 7) is 9.84. The number of rotatable bonds is 11. The van der Waals surface area contributed by atoms with Gasteiger partial charge in [-0.2, -0.15) is 0 Å². The van der Waals surface area contributed by atoms with E-state index in [1.807, 2.05) is 67.3 Å². The van der Waals surface area contributed by atoms with Crippen molar-refractivity contribution in [2.45, 2.75) is 52.4 Å². The summed E-state index contributed by atoms with van der Waals surface area (Å²) in [6, 6.07) is 15.5. The third-order valence-electron chi connectivity index (χ3n) is 7.25. The van der Waals surface area contributed by atoms with Gasteiger partial charge in [-0.25, -0.2) is 4.79 Å². The van der Waals surface area contributed by atoms with Gasteiger partial charge in [0.05, 0.1) is 6.04 Å². The number of nitrogens with zero attached hydrogens (tertiary/aromatic N) is 2. The van der Waals surface area contributed by atoms with Gasteiger partial charge < -0.3 is 29.6 Å². The van der Waals surface area contributed by atoms with Crippen LogP contribution < -0.4 is 10.6 Å². The number of carbonyl (C=O) groups is 2. The van der Waals surface area contributed by atoms with Gasteiger partial charge in [0, 0.05) is 74.5 Å². The van der Waals surface area contributed by atoms with Crippen LogP contribution in [0.3, 0.4) is 0 Å². The summed E-state index contributed by atoms with van der Waals surface area (Å²) in [4.78, 5) is 28.2. The molecule has 8 heteroatoms. The second-order valence-electron chi connectivity index (χ2n) is 10.4. The minimum absolute atomic E-state index is 0.00139. The highest BCUT2D eigenvalue weighted by molar-refractivity contribution is 5.98. The molecule has 0 spiro atoms. The maximum atomic E-state index is 13.7. The maximum Gasteiger partial charge on any atom is 0.407 e. The summed E-state index contributed by atoms with van der Waals surface area (Å²) in [7, 11) is 1.71. The molecule has 2 N–H and O–H groups in total. The van der Waals surface area contributed by atoms with E-state index in [1.54, 1.807) is 7.11 Å². The lowest BCUT2D eigenvalue weighted by atomic mass is 10.0. The van der Waals surface area contributed by atoms with E-state index < -0.39 is 6.09 Å². The van der Waals surface area contributed by atoms with Crippen LogP contribution in [0.1, 0.15) is 41.8 Å². The lowest BCUT2D eigenvalue weighted by Gasteiger charge is -2.31. The third-order valence-corrected chi connectivity index (χ3v) is 7.25. The highest BCUT2D eigenvalue weighted by Crippen LogP contribution is 2.24. The summed E-state index contributed by atoms with van der Waals surface area (Å²) in [5, 5.41) is 7.53. The predicted molar refractivity (Wildman–Crippen MR) is 149 cm³/mol. The molecule has 0 bridgehead atoms. The van der Waals surface area contributed by atoms with E-state index in [4.69, 9.17) is 9.47 Å². The predicted octanol–water partition coefficient (Wildman–Crippen LogP) is 4.35. The van der Waals surface area contributed by atoms with Crippen molar-refractivity contribution in [2.75, 3.05) is 33.4 Å². The third kappa shape index (κ3) is 6.74. The largest absolute Gasteiger partial charge is 0.445 e. The summed E-state index contributed by atoms with van der Waals surface area (Å²) < 4.78 is 12.9. The fraction of sp³-hybridized carbons (Fsp3) is 0.467. The first-order chi connectivity index (χ1) is 18.4. The van der Waals surface area contributed by atoms with Crippen molar-refractivity contribution in [3.8, 4) is 0 Å². The molecule has 2 atom stereocenters. The number of alkyl carbamates (subject to hydrolysis) is 1. The van der Waals surface area contributed by atoms with Gasteiger partial charge in [0.25, 0.3) is 5.91 Å². The Balaban J connectivity index is 1.43. The van der Waals surface area contributed by atoms with Crippen LogP contribution in [0.25, 0.3) is 10.9 Å². The molecule has 1 aliphatic rings. The molecule has 2 aromatic carbocycles. The molecule has 1 saturated heterocycles. The van der Waals surface area contributed by atoms with Crippen molar-refractivity contribution >= 4 is 22.9 Å². The average Bonchev–Trinajstić information content (AvgIpc) is 3.49. The Hall–Kier alpha value is -3.36. The van der Waals surface area contributed by atoms with Crippen molar-refractivity contribution in [3.05, 3.63) is 71.4 Å². The lowest BCUT2D eigenvalue weighted by Crippen LogP contribution is -2.47. The number of hydrogen-bond acceptors (Lipinski definition) is 5. The van der Waals surface area contributed by atoms with E-state index in [2.05, 4.69) is 28.3 Å². The summed E-state index contributed by atoms with van der Waals surface area (Å²) in [5.41, 5.74) is 3.88. The zero-order valence-electron chi connectivity index (χ0n) is 22.9. The van der Waals surface area contributed by atoms with Gasteiger partial charge in [0.2, 0.25) is 0 Å². The Morgan fingerprint density at radius 3 is 2.68 bits per heavy atom. The summed E-state index contributed by atoms with van der Waals surface area (Å²) in [6.07, 6.45) is 2.61. The fourth-order valence-corrected chi connectivity index (χ4v) is 5.13. The second kappa shape index (κ2) is 12.9. The van der Waals surface area contributed by atoms with Gasteiger partial charge in [0.1, 0.15) is 6.61 Å². The maximum absolute atomic E-state index is 13.7. The monoisotopic (exact) mass is 520 g/mol. The first kappa shape index (κ1) is 27.7. The van der Waals surface area contributed by atoms with Gasteiger partial charge in [-0.05, 0) is 50.5 Å². The zero-order chi connectivity index (χ0) is 27.1. The molecule has 3 aromatic rings.